The van der Waals surface area contributed by atoms with Crippen LogP contribution in [0.25, 0.3) is 5.57 Å². The number of pyridine rings is 1. The Labute approximate surface area is 181 Å². The summed E-state index contributed by atoms with van der Waals surface area (Å²) in [7, 11) is 0. The van der Waals surface area contributed by atoms with E-state index in [-0.39, 0.29) is 17.8 Å². The number of hydrogen-bond acceptors (Lipinski definition) is 5. The molecular formula is C23H26ClNO3S. The van der Waals surface area contributed by atoms with Gasteiger partial charge in [0.25, 0.3) is 0 Å². The zero-order chi connectivity index (χ0) is 21.3. The van der Waals surface area contributed by atoms with E-state index < -0.39 is 5.97 Å². The van der Waals surface area contributed by atoms with Crippen molar-refractivity contribution in [2.45, 2.75) is 52.2 Å². The SMILES string of the molecule is Cc1cc(C)c(C2=C(O)CC(C(C)CSc3ncc(C)cc3Cl)OC2=O)c(C)c1. The van der Waals surface area contributed by atoms with E-state index in [1.807, 2.05) is 52.8 Å². The van der Waals surface area contributed by atoms with E-state index in [0.29, 0.717) is 22.8 Å². The first-order chi connectivity index (χ1) is 13.7. The smallest absolute Gasteiger partial charge is 0.342 e. The summed E-state index contributed by atoms with van der Waals surface area (Å²) in [5, 5.41) is 12.1. The van der Waals surface area contributed by atoms with Crippen LogP contribution in [0.15, 0.2) is 35.2 Å². The lowest BCUT2D eigenvalue weighted by molar-refractivity contribution is -0.145. The molecule has 1 N–H and O–H groups in total. The van der Waals surface area contributed by atoms with Crippen LogP contribution in [-0.4, -0.2) is 27.9 Å². The van der Waals surface area contributed by atoms with Gasteiger partial charge in [-0.1, -0.05) is 36.2 Å². The number of esters is 1. The fraction of sp³-hybridized carbons (Fsp3) is 0.391. The molecule has 2 heterocycles. The van der Waals surface area contributed by atoms with E-state index in [9.17, 15) is 9.90 Å². The molecule has 3 rings (SSSR count). The minimum Gasteiger partial charge on any atom is -0.511 e. The molecule has 2 atom stereocenters. The lowest BCUT2D eigenvalue weighted by Gasteiger charge is -2.29. The van der Waals surface area contributed by atoms with Crippen molar-refractivity contribution >= 4 is 34.9 Å². The highest BCUT2D eigenvalue weighted by molar-refractivity contribution is 7.99. The first kappa shape index (κ1) is 21.7. The second-order valence-electron chi connectivity index (χ2n) is 7.83. The number of aliphatic hydroxyl groups excluding tert-OH is 1. The van der Waals surface area contributed by atoms with Gasteiger partial charge in [0, 0.05) is 24.3 Å². The number of rotatable bonds is 5. The van der Waals surface area contributed by atoms with Gasteiger partial charge in [0.05, 0.1) is 5.02 Å². The lowest BCUT2D eigenvalue weighted by atomic mass is 9.89. The van der Waals surface area contributed by atoms with Crippen molar-refractivity contribution < 1.29 is 14.6 Å². The summed E-state index contributed by atoms with van der Waals surface area (Å²) in [5.74, 6) is 0.354. The summed E-state index contributed by atoms with van der Waals surface area (Å²) in [6, 6.07) is 5.91. The highest BCUT2D eigenvalue weighted by Crippen LogP contribution is 2.36. The van der Waals surface area contributed by atoms with Gasteiger partial charge in [-0.2, -0.15) is 0 Å². The molecule has 2 unspecified atom stereocenters. The molecule has 6 heteroatoms. The Morgan fingerprint density at radius 3 is 2.45 bits per heavy atom. The Hall–Kier alpha value is -1.98. The van der Waals surface area contributed by atoms with Crippen molar-refractivity contribution in [1.29, 1.82) is 0 Å². The second kappa shape index (κ2) is 8.80. The average molecular weight is 432 g/mol. The van der Waals surface area contributed by atoms with E-state index in [2.05, 4.69) is 4.98 Å². The molecule has 0 saturated heterocycles. The number of carbonyl (C=O) groups is 1. The van der Waals surface area contributed by atoms with E-state index in [1.165, 1.54) is 11.8 Å². The number of nitrogens with zero attached hydrogens (tertiary/aromatic N) is 1. The maximum atomic E-state index is 12.8. The van der Waals surface area contributed by atoms with Crippen molar-refractivity contribution in [2.75, 3.05) is 5.75 Å². The Bertz CT molecular complexity index is 963. The van der Waals surface area contributed by atoms with Crippen molar-refractivity contribution in [3.05, 3.63) is 63.0 Å². The van der Waals surface area contributed by atoms with Crippen LogP contribution in [-0.2, 0) is 9.53 Å². The standard InChI is InChI=1S/C23H26ClNO3S/c1-12-6-14(3)20(15(4)7-12)21-18(26)9-19(28-23(21)27)16(5)11-29-22-17(24)8-13(2)10-25-22/h6-8,10,16,19,26H,9,11H2,1-5H3. The number of carbonyl (C=O) groups excluding carboxylic acids is 1. The zero-order valence-corrected chi connectivity index (χ0v) is 18.9. The summed E-state index contributed by atoms with van der Waals surface area (Å²) in [6.45, 7) is 9.87. The summed E-state index contributed by atoms with van der Waals surface area (Å²) in [4.78, 5) is 17.2. The topological polar surface area (TPSA) is 59.4 Å². The normalized spacial score (nSPS) is 18.0. The van der Waals surface area contributed by atoms with Gasteiger partial charge in [-0.25, -0.2) is 9.78 Å². The van der Waals surface area contributed by atoms with Gasteiger partial charge in [0.15, 0.2) is 0 Å². The largest absolute Gasteiger partial charge is 0.511 e. The fourth-order valence-electron chi connectivity index (χ4n) is 3.73. The van der Waals surface area contributed by atoms with Crippen molar-refractivity contribution in [2.24, 2.45) is 5.92 Å². The molecule has 0 saturated carbocycles. The second-order valence-corrected chi connectivity index (χ2v) is 9.25. The maximum Gasteiger partial charge on any atom is 0.342 e. The number of halogens is 1. The van der Waals surface area contributed by atoms with Crippen LogP contribution in [0, 0.1) is 33.6 Å². The number of benzene rings is 1. The van der Waals surface area contributed by atoms with Crippen molar-refractivity contribution in [3.8, 4) is 0 Å². The monoisotopic (exact) mass is 431 g/mol. The summed E-state index contributed by atoms with van der Waals surface area (Å²) < 4.78 is 5.74. The number of hydrogen-bond donors (Lipinski definition) is 1. The molecule has 0 amide bonds. The van der Waals surface area contributed by atoms with Crippen LogP contribution in [0.5, 0.6) is 0 Å². The van der Waals surface area contributed by atoms with Gasteiger partial charge in [-0.3, -0.25) is 0 Å². The number of ether oxygens (including phenoxy) is 1. The molecule has 4 nitrogen and oxygen atoms in total. The third kappa shape index (κ3) is 4.78. The van der Waals surface area contributed by atoms with Crippen LogP contribution in [0.2, 0.25) is 5.02 Å². The molecule has 2 aromatic rings. The number of aromatic nitrogens is 1. The molecule has 0 radical (unpaired) electrons. The molecule has 1 aromatic carbocycles. The summed E-state index contributed by atoms with van der Waals surface area (Å²) in [6.07, 6.45) is 1.71. The van der Waals surface area contributed by atoms with Gasteiger partial charge < -0.3 is 9.84 Å². The highest BCUT2D eigenvalue weighted by Gasteiger charge is 2.34. The minimum absolute atomic E-state index is 0.0343. The molecule has 0 bridgehead atoms. The van der Waals surface area contributed by atoms with Crippen molar-refractivity contribution in [1.82, 2.24) is 4.98 Å². The van der Waals surface area contributed by atoms with Crippen LogP contribution >= 0.6 is 23.4 Å². The van der Waals surface area contributed by atoms with Crippen LogP contribution in [0.3, 0.4) is 0 Å². The van der Waals surface area contributed by atoms with Crippen molar-refractivity contribution in [3.63, 3.8) is 0 Å². The predicted octanol–water partition coefficient (Wildman–Crippen LogP) is 5.98. The average Bonchev–Trinajstić information content (AvgIpc) is 2.62. The number of thioether (sulfide) groups is 1. The Balaban J connectivity index is 1.76. The minimum atomic E-state index is -0.461. The van der Waals surface area contributed by atoms with Gasteiger partial charge in [0.2, 0.25) is 0 Å². The van der Waals surface area contributed by atoms with Gasteiger partial charge in [-0.15, -0.1) is 11.8 Å². The first-order valence-electron chi connectivity index (χ1n) is 9.63. The third-order valence-corrected chi connectivity index (χ3v) is 6.83. The van der Waals surface area contributed by atoms with Crippen LogP contribution in [0.1, 0.15) is 41.2 Å². The van der Waals surface area contributed by atoms with Gasteiger partial charge in [-0.05, 0) is 56.0 Å². The third-order valence-electron chi connectivity index (χ3n) is 5.13. The van der Waals surface area contributed by atoms with Crippen LogP contribution in [0.4, 0.5) is 0 Å². The molecule has 1 aliphatic rings. The fourth-order valence-corrected chi connectivity index (χ4v) is 5.08. The van der Waals surface area contributed by atoms with E-state index >= 15 is 0 Å². The maximum absolute atomic E-state index is 12.8. The molecule has 154 valence electrons. The number of aliphatic hydroxyl groups is 1. The molecule has 0 spiro atoms. The highest BCUT2D eigenvalue weighted by atomic mass is 35.5. The molecule has 1 aliphatic heterocycles. The first-order valence-corrected chi connectivity index (χ1v) is 11.0. The Kier molecular flexibility index (Phi) is 6.59. The molecule has 29 heavy (non-hydrogen) atoms. The van der Waals surface area contributed by atoms with E-state index in [4.69, 9.17) is 16.3 Å². The molecule has 1 aromatic heterocycles. The zero-order valence-electron chi connectivity index (χ0n) is 17.4. The number of cyclic esters (lactones) is 1. The summed E-state index contributed by atoms with van der Waals surface area (Å²) >= 11 is 7.79. The van der Waals surface area contributed by atoms with E-state index in [0.717, 1.165) is 32.8 Å². The quantitative estimate of drug-likeness (QED) is 0.466. The predicted molar refractivity (Wildman–Crippen MR) is 119 cm³/mol. The van der Waals surface area contributed by atoms with Gasteiger partial charge in [0.1, 0.15) is 22.5 Å². The van der Waals surface area contributed by atoms with Crippen LogP contribution < -0.4 is 0 Å². The van der Waals surface area contributed by atoms with E-state index in [1.54, 1.807) is 6.20 Å². The number of aryl methyl sites for hydroxylation is 4. The Morgan fingerprint density at radius 1 is 1.21 bits per heavy atom. The van der Waals surface area contributed by atoms with Gasteiger partial charge >= 0.3 is 5.97 Å². The molecule has 0 fully saturated rings. The lowest BCUT2D eigenvalue weighted by Crippen LogP contribution is -2.32. The summed E-state index contributed by atoms with van der Waals surface area (Å²) in [5.41, 5.74) is 5.12. The molecule has 0 aliphatic carbocycles. The Morgan fingerprint density at radius 2 is 1.86 bits per heavy atom. The molecular weight excluding hydrogens is 406 g/mol.